The van der Waals surface area contributed by atoms with E-state index in [2.05, 4.69) is 20.4 Å². The minimum atomic E-state index is -0.133. The molecule has 7 heteroatoms. The molecule has 0 aliphatic carbocycles. The fourth-order valence-corrected chi connectivity index (χ4v) is 2.88. The van der Waals surface area contributed by atoms with Crippen molar-refractivity contribution in [3.63, 3.8) is 0 Å². The highest BCUT2D eigenvalue weighted by molar-refractivity contribution is 5.90. The zero-order valence-corrected chi connectivity index (χ0v) is 15.6. The minimum Gasteiger partial charge on any atom is -0.334 e. The first kappa shape index (κ1) is 17.7. The zero-order chi connectivity index (χ0) is 19.5. The molecule has 0 atom stereocenters. The molecule has 1 N–H and O–H groups in total. The van der Waals surface area contributed by atoms with Crippen molar-refractivity contribution in [1.82, 2.24) is 19.7 Å². The number of amides is 1. The third kappa shape index (κ3) is 3.83. The summed E-state index contributed by atoms with van der Waals surface area (Å²) in [5, 5.41) is 6.89. The number of carbonyl (C=O) groups excluding carboxylic acids is 1. The van der Waals surface area contributed by atoms with Gasteiger partial charge < -0.3 is 14.4 Å². The first-order valence-electron chi connectivity index (χ1n) is 8.88. The first-order valence-corrected chi connectivity index (χ1v) is 8.88. The van der Waals surface area contributed by atoms with Gasteiger partial charge in [0.15, 0.2) is 0 Å². The van der Waals surface area contributed by atoms with Gasteiger partial charge >= 0.3 is 0 Å². The molecule has 28 heavy (non-hydrogen) atoms. The lowest BCUT2D eigenvalue weighted by Gasteiger charge is -2.06. The molecule has 2 heterocycles. The summed E-state index contributed by atoms with van der Waals surface area (Å²) in [7, 11) is 0. The van der Waals surface area contributed by atoms with Crippen molar-refractivity contribution >= 4 is 11.6 Å². The van der Waals surface area contributed by atoms with Gasteiger partial charge in [-0.15, -0.1) is 0 Å². The summed E-state index contributed by atoms with van der Waals surface area (Å²) in [6, 6.07) is 17.2. The Bertz CT molecular complexity index is 1110. The summed E-state index contributed by atoms with van der Waals surface area (Å²) < 4.78 is 7.14. The monoisotopic (exact) mass is 373 g/mol. The average molecular weight is 373 g/mol. The molecule has 7 nitrogen and oxygen atoms in total. The summed E-state index contributed by atoms with van der Waals surface area (Å²) in [5.41, 5.74) is 3.29. The van der Waals surface area contributed by atoms with E-state index in [1.807, 2.05) is 68.4 Å². The van der Waals surface area contributed by atoms with Crippen LogP contribution in [0.5, 0.6) is 0 Å². The highest BCUT2D eigenvalue weighted by atomic mass is 16.5. The van der Waals surface area contributed by atoms with E-state index in [9.17, 15) is 4.79 Å². The molecule has 0 fully saturated rings. The van der Waals surface area contributed by atoms with Crippen molar-refractivity contribution in [2.45, 2.75) is 20.4 Å². The summed E-state index contributed by atoms with van der Waals surface area (Å²) in [5.74, 6) is 1.39. The molecular formula is C21H19N5O2. The van der Waals surface area contributed by atoms with Gasteiger partial charge in [0.25, 0.3) is 5.89 Å². The topological polar surface area (TPSA) is 85.8 Å². The molecule has 0 radical (unpaired) electrons. The van der Waals surface area contributed by atoms with Crippen LogP contribution in [0.3, 0.4) is 0 Å². The second-order valence-electron chi connectivity index (χ2n) is 6.51. The van der Waals surface area contributed by atoms with Crippen LogP contribution < -0.4 is 5.32 Å². The Hall–Kier alpha value is -3.74. The van der Waals surface area contributed by atoms with E-state index in [1.165, 1.54) is 0 Å². The first-order chi connectivity index (χ1) is 13.6. The summed E-state index contributed by atoms with van der Waals surface area (Å²) in [4.78, 5) is 21.2. The maximum atomic E-state index is 12.3. The number of hydrogen-bond acceptors (Lipinski definition) is 5. The molecule has 140 valence electrons. The Morgan fingerprint density at radius 3 is 2.68 bits per heavy atom. The van der Waals surface area contributed by atoms with Gasteiger partial charge in [0, 0.05) is 17.4 Å². The zero-order valence-electron chi connectivity index (χ0n) is 15.6. The number of nitrogens with one attached hydrogen (secondary N) is 1. The number of benzene rings is 2. The Morgan fingerprint density at radius 1 is 1.07 bits per heavy atom. The van der Waals surface area contributed by atoms with E-state index in [4.69, 9.17) is 4.52 Å². The van der Waals surface area contributed by atoms with Gasteiger partial charge in [0.2, 0.25) is 11.7 Å². The molecule has 4 aromatic rings. The predicted octanol–water partition coefficient (Wildman–Crippen LogP) is 3.86. The van der Waals surface area contributed by atoms with Crippen LogP contribution in [-0.4, -0.2) is 25.6 Å². The number of hydrogen-bond donors (Lipinski definition) is 1. The number of imidazole rings is 1. The van der Waals surface area contributed by atoms with Crippen molar-refractivity contribution in [3.8, 4) is 23.0 Å². The van der Waals surface area contributed by atoms with E-state index in [1.54, 1.807) is 10.8 Å². The molecular weight excluding hydrogens is 354 g/mol. The second kappa shape index (κ2) is 7.48. The molecule has 0 spiro atoms. The molecule has 0 bridgehead atoms. The molecule has 4 rings (SSSR count). The van der Waals surface area contributed by atoms with E-state index in [-0.39, 0.29) is 12.5 Å². The van der Waals surface area contributed by atoms with Gasteiger partial charge in [-0.1, -0.05) is 41.1 Å². The SMILES string of the molecule is Cc1cccc(-c2nc(-c3cn(CC(=O)Nc4ccccc4)c(C)n3)no2)c1. The maximum Gasteiger partial charge on any atom is 0.258 e. The standard InChI is InChI=1S/C21H19N5O2/c1-14-7-6-8-16(11-14)21-24-20(25-28-21)18-12-26(15(2)22-18)13-19(27)23-17-9-4-3-5-10-17/h3-12H,13H2,1-2H3,(H,23,27). The van der Waals surface area contributed by atoms with E-state index in [0.29, 0.717) is 23.2 Å². The third-order valence-electron chi connectivity index (χ3n) is 4.27. The van der Waals surface area contributed by atoms with Crippen LogP contribution in [0.4, 0.5) is 5.69 Å². The van der Waals surface area contributed by atoms with Crippen LogP contribution in [0, 0.1) is 13.8 Å². The lowest BCUT2D eigenvalue weighted by atomic mass is 10.1. The smallest absolute Gasteiger partial charge is 0.258 e. The highest BCUT2D eigenvalue weighted by Crippen LogP contribution is 2.22. The van der Waals surface area contributed by atoms with Gasteiger partial charge in [-0.2, -0.15) is 4.98 Å². The van der Waals surface area contributed by atoms with Crippen LogP contribution in [0.1, 0.15) is 11.4 Å². The Kier molecular flexibility index (Phi) is 4.72. The fraction of sp³-hybridized carbons (Fsp3) is 0.143. The summed E-state index contributed by atoms with van der Waals surface area (Å²) in [6.45, 7) is 3.99. The predicted molar refractivity (Wildman–Crippen MR) is 106 cm³/mol. The number of aromatic nitrogens is 4. The molecule has 0 saturated heterocycles. The summed E-state index contributed by atoms with van der Waals surface area (Å²) in [6.07, 6.45) is 1.75. The van der Waals surface area contributed by atoms with Crippen molar-refractivity contribution in [3.05, 3.63) is 72.2 Å². The minimum absolute atomic E-state index is 0.133. The van der Waals surface area contributed by atoms with Crippen molar-refractivity contribution in [2.24, 2.45) is 0 Å². The number of para-hydroxylation sites is 1. The van der Waals surface area contributed by atoms with Crippen LogP contribution in [-0.2, 0) is 11.3 Å². The number of aryl methyl sites for hydroxylation is 2. The molecule has 0 aliphatic rings. The average Bonchev–Trinajstić information content (AvgIpc) is 3.30. The number of carbonyl (C=O) groups is 1. The fourth-order valence-electron chi connectivity index (χ4n) is 2.88. The Balaban J connectivity index is 1.51. The normalized spacial score (nSPS) is 10.8. The van der Waals surface area contributed by atoms with Gasteiger partial charge in [0.1, 0.15) is 18.1 Å². The van der Waals surface area contributed by atoms with Gasteiger partial charge in [0.05, 0.1) is 0 Å². The van der Waals surface area contributed by atoms with Crippen molar-refractivity contribution < 1.29 is 9.32 Å². The molecule has 0 aliphatic heterocycles. The number of rotatable bonds is 5. The van der Waals surface area contributed by atoms with Crippen LogP contribution >= 0.6 is 0 Å². The van der Waals surface area contributed by atoms with E-state index < -0.39 is 0 Å². The lowest BCUT2D eigenvalue weighted by molar-refractivity contribution is -0.116. The third-order valence-corrected chi connectivity index (χ3v) is 4.27. The van der Waals surface area contributed by atoms with Crippen molar-refractivity contribution in [1.29, 1.82) is 0 Å². The highest BCUT2D eigenvalue weighted by Gasteiger charge is 2.16. The molecule has 0 saturated carbocycles. The van der Waals surface area contributed by atoms with Crippen LogP contribution in [0.2, 0.25) is 0 Å². The van der Waals surface area contributed by atoms with E-state index >= 15 is 0 Å². The van der Waals surface area contributed by atoms with Gasteiger partial charge in [-0.25, -0.2) is 4.98 Å². The Labute approximate surface area is 162 Å². The van der Waals surface area contributed by atoms with Gasteiger partial charge in [-0.05, 0) is 38.1 Å². The van der Waals surface area contributed by atoms with Crippen LogP contribution in [0.25, 0.3) is 23.0 Å². The Morgan fingerprint density at radius 2 is 1.89 bits per heavy atom. The van der Waals surface area contributed by atoms with E-state index in [0.717, 1.165) is 16.8 Å². The lowest BCUT2D eigenvalue weighted by Crippen LogP contribution is -2.18. The maximum absolute atomic E-state index is 12.3. The largest absolute Gasteiger partial charge is 0.334 e. The number of nitrogens with zero attached hydrogens (tertiary/aromatic N) is 4. The second-order valence-corrected chi connectivity index (χ2v) is 6.51. The number of anilines is 1. The molecule has 0 unspecified atom stereocenters. The molecule has 2 aromatic carbocycles. The van der Waals surface area contributed by atoms with Gasteiger partial charge in [-0.3, -0.25) is 4.79 Å². The van der Waals surface area contributed by atoms with Crippen LogP contribution in [0.15, 0.2) is 65.3 Å². The van der Waals surface area contributed by atoms with Crippen molar-refractivity contribution in [2.75, 3.05) is 5.32 Å². The molecule has 1 amide bonds. The molecule has 2 aromatic heterocycles. The summed E-state index contributed by atoms with van der Waals surface area (Å²) >= 11 is 0. The quantitative estimate of drug-likeness (QED) is 0.574.